The Morgan fingerprint density at radius 2 is 1.57 bits per heavy atom. The summed E-state index contributed by atoms with van der Waals surface area (Å²) in [5, 5.41) is 14.0. The average molecular weight is 212 g/mol. The second-order valence-corrected chi connectivity index (χ2v) is 3.31. The summed E-state index contributed by atoms with van der Waals surface area (Å²) in [6.45, 7) is 2.27. The maximum absolute atomic E-state index is 12.9. The van der Waals surface area contributed by atoms with E-state index in [4.69, 9.17) is 14.9 Å². The standard InChI is InChI=1S/C10H21FO.FHO/c1-2-3-4-5-7-10(11)8-6-9-12;1-2/h10,12H,2-9H2,1H3;2H. The first-order valence-electron chi connectivity index (χ1n) is 5.23. The molecule has 0 saturated heterocycles. The van der Waals surface area contributed by atoms with Crippen LogP contribution in [0.1, 0.15) is 51.9 Å². The zero-order valence-electron chi connectivity index (χ0n) is 8.88. The van der Waals surface area contributed by atoms with Gasteiger partial charge in [-0.1, -0.05) is 37.1 Å². The zero-order chi connectivity index (χ0) is 11.2. The first kappa shape index (κ1) is 16.2. The third kappa shape index (κ3) is 14.3. The van der Waals surface area contributed by atoms with Crippen LogP contribution in [0.2, 0.25) is 0 Å². The molecule has 0 aromatic heterocycles. The van der Waals surface area contributed by atoms with Crippen molar-refractivity contribution in [2.75, 3.05) is 6.61 Å². The molecule has 0 amide bonds. The van der Waals surface area contributed by atoms with E-state index in [-0.39, 0.29) is 6.61 Å². The van der Waals surface area contributed by atoms with Crippen molar-refractivity contribution in [3.05, 3.63) is 0 Å². The molecule has 0 radical (unpaired) electrons. The second-order valence-electron chi connectivity index (χ2n) is 3.31. The molecule has 0 rings (SSSR count). The van der Waals surface area contributed by atoms with E-state index in [0.29, 0.717) is 19.3 Å². The highest BCUT2D eigenvalue weighted by molar-refractivity contribution is 4.56. The number of hydrogen-bond acceptors (Lipinski definition) is 2. The fraction of sp³-hybridized carbons (Fsp3) is 1.00. The van der Waals surface area contributed by atoms with E-state index >= 15 is 0 Å². The van der Waals surface area contributed by atoms with Gasteiger partial charge in [-0.05, 0) is 19.3 Å². The molecule has 2 N–H and O–H groups in total. The van der Waals surface area contributed by atoms with Gasteiger partial charge in [-0.2, -0.15) is 0 Å². The van der Waals surface area contributed by atoms with Gasteiger partial charge in [0.1, 0.15) is 6.17 Å². The first-order valence-corrected chi connectivity index (χ1v) is 5.23. The van der Waals surface area contributed by atoms with Crippen LogP contribution in [0.4, 0.5) is 8.92 Å². The summed E-state index contributed by atoms with van der Waals surface area (Å²) < 4.78 is 21.4. The Morgan fingerprint density at radius 3 is 2.07 bits per heavy atom. The van der Waals surface area contributed by atoms with Crippen molar-refractivity contribution >= 4 is 0 Å². The quantitative estimate of drug-likeness (QED) is 0.607. The summed E-state index contributed by atoms with van der Waals surface area (Å²) in [7, 11) is 0. The van der Waals surface area contributed by atoms with Crippen LogP contribution >= 0.6 is 0 Å². The monoisotopic (exact) mass is 212 g/mol. The topological polar surface area (TPSA) is 40.5 Å². The van der Waals surface area contributed by atoms with E-state index in [2.05, 4.69) is 6.92 Å². The lowest BCUT2D eigenvalue weighted by Crippen LogP contribution is -2.01. The minimum atomic E-state index is -0.686. The Labute approximate surface area is 84.8 Å². The fourth-order valence-corrected chi connectivity index (χ4v) is 1.25. The predicted octanol–water partition coefficient (Wildman–Crippen LogP) is 2.93. The Hall–Kier alpha value is -0.220. The minimum Gasteiger partial charge on any atom is -0.396 e. The maximum atomic E-state index is 12.9. The summed E-state index contributed by atoms with van der Waals surface area (Å²) in [6.07, 6.45) is 5.70. The third-order valence-corrected chi connectivity index (χ3v) is 2.05. The smallest absolute Gasteiger partial charge is 0.100 e. The highest BCUT2D eigenvalue weighted by Crippen LogP contribution is 2.12. The van der Waals surface area contributed by atoms with Crippen LogP contribution in [0.5, 0.6) is 0 Å². The molecule has 0 aliphatic rings. The maximum Gasteiger partial charge on any atom is 0.100 e. The lowest BCUT2D eigenvalue weighted by atomic mass is 10.1. The van der Waals surface area contributed by atoms with Crippen molar-refractivity contribution in [2.45, 2.75) is 58.0 Å². The Morgan fingerprint density at radius 1 is 1.00 bits per heavy atom. The van der Waals surface area contributed by atoms with E-state index in [0.717, 1.165) is 12.8 Å². The van der Waals surface area contributed by atoms with Gasteiger partial charge in [0.05, 0.1) is 0 Å². The predicted molar refractivity (Wildman–Crippen MR) is 53.3 cm³/mol. The second kappa shape index (κ2) is 15.3. The van der Waals surface area contributed by atoms with E-state index in [9.17, 15) is 4.39 Å². The molecule has 0 aliphatic heterocycles. The van der Waals surface area contributed by atoms with Gasteiger partial charge in [-0.15, -0.1) is 0 Å². The van der Waals surface area contributed by atoms with Crippen molar-refractivity contribution in [3.63, 3.8) is 0 Å². The molecule has 0 spiro atoms. The molecule has 0 bridgehead atoms. The molecule has 1 unspecified atom stereocenters. The highest BCUT2D eigenvalue weighted by Gasteiger charge is 2.04. The normalized spacial score (nSPS) is 11.8. The number of aliphatic hydroxyl groups is 1. The van der Waals surface area contributed by atoms with Crippen LogP contribution in [0, 0.1) is 0 Å². The molecule has 0 aliphatic carbocycles. The van der Waals surface area contributed by atoms with Gasteiger partial charge < -0.3 is 5.11 Å². The molecular weight excluding hydrogens is 190 g/mol. The minimum absolute atomic E-state index is 0.120. The van der Waals surface area contributed by atoms with Crippen molar-refractivity contribution in [2.24, 2.45) is 0 Å². The van der Waals surface area contributed by atoms with Gasteiger partial charge >= 0.3 is 0 Å². The van der Waals surface area contributed by atoms with Gasteiger partial charge in [0.2, 0.25) is 0 Å². The van der Waals surface area contributed by atoms with Gasteiger partial charge in [-0.3, -0.25) is 0 Å². The number of rotatable bonds is 8. The van der Waals surface area contributed by atoms with Crippen LogP contribution in [0.3, 0.4) is 0 Å². The Balaban J connectivity index is 0. The van der Waals surface area contributed by atoms with Crippen molar-refractivity contribution in [1.29, 1.82) is 0 Å². The van der Waals surface area contributed by atoms with E-state index < -0.39 is 6.17 Å². The van der Waals surface area contributed by atoms with Crippen LogP contribution in [0.25, 0.3) is 0 Å². The van der Waals surface area contributed by atoms with Crippen LogP contribution < -0.4 is 0 Å². The number of halogens is 2. The molecule has 4 heteroatoms. The van der Waals surface area contributed by atoms with Crippen LogP contribution in [0.15, 0.2) is 0 Å². The molecule has 88 valence electrons. The van der Waals surface area contributed by atoms with Gasteiger partial charge in [-0.25, -0.2) is 9.70 Å². The SMILES string of the molecule is CCCCCCC(F)CCCO.OF. The Bertz CT molecular complexity index is 92.2. The van der Waals surface area contributed by atoms with Gasteiger partial charge in [0, 0.05) is 6.61 Å². The lowest BCUT2D eigenvalue weighted by Gasteiger charge is -2.05. The van der Waals surface area contributed by atoms with Gasteiger partial charge in [0.25, 0.3) is 0 Å². The largest absolute Gasteiger partial charge is 0.396 e. The molecule has 0 aromatic carbocycles. The summed E-state index contributed by atoms with van der Waals surface area (Å²) in [6, 6.07) is 0. The number of alkyl halides is 1. The fourth-order valence-electron chi connectivity index (χ4n) is 1.25. The summed E-state index contributed by atoms with van der Waals surface area (Å²) in [4.78, 5) is 0. The highest BCUT2D eigenvalue weighted by atomic mass is 19.3. The lowest BCUT2D eigenvalue weighted by molar-refractivity contribution is -0.0441. The Kier molecular flexibility index (Phi) is 17.7. The average Bonchev–Trinajstić information content (AvgIpc) is 2.24. The molecule has 0 aromatic rings. The third-order valence-electron chi connectivity index (χ3n) is 2.05. The molecule has 0 saturated carbocycles. The number of aliphatic hydroxyl groups excluding tert-OH is 1. The van der Waals surface area contributed by atoms with E-state index in [1.807, 2.05) is 0 Å². The van der Waals surface area contributed by atoms with Crippen molar-refractivity contribution in [1.82, 2.24) is 0 Å². The molecule has 1 atom stereocenters. The molecule has 2 nitrogen and oxygen atoms in total. The van der Waals surface area contributed by atoms with Crippen molar-refractivity contribution in [3.8, 4) is 0 Å². The molecule has 0 fully saturated rings. The van der Waals surface area contributed by atoms with Crippen molar-refractivity contribution < 1.29 is 19.3 Å². The zero-order valence-corrected chi connectivity index (χ0v) is 8.88. The number of unbranched alkanes of at least 4 members (excludes halogenated alkanes) is 3. The summed E-state index contributed by atoms with van der Waals surface area (Å²) in [5.41, 5.74) is 0. The van der Waals surface area contributed by atoms with Crippen LogP contribution in [-0.2, 0) is 0 Å². The summed E-state index contributed by atoms with van der Waals surface area (Å²) >= 11 is 0. The molecule has 0 heterocycles. The van der Waals surface area contributed by atoms with Gasteiger partial charge in [0.15, 0.2) is 0 Å². The molecule has 14 heavy (non-hydrogen) atoms. The first-order chi connectivity index (χ1) is 6.81. The van der Waals surface area contributed by atoms with E-state index in [1.165, 1.54) is 12.8 Å². The summed E-state index contributed by atoms with van der Waals surface area (Å²) in [5.74, 6) is 0. The number of hydrogen-bond donors (Lipinski definition) is 2. The molecular formula is C10H22F2O2. The van der Waals surface area contributed by atoms with Crippen LogP contribution in [-0.4, -0.2) is 23.2 Å². The van der Waals surface area contributed by atoms with E-state index in [1.54, 1.807) is 0 Å².